The van der Waals surface area contributed by atoms with Gasteiger partial charge in [0.25, 0.3) is 15.9 Å². The molecule has 0 saturated carbocycles. The van der Waals surface area contributed by atoms with E-state index in [-0.39, 0.29) is 26.6 Å². The maximum atomic E-state index is 12.2. The van der Waals surface area contributed by atoms with Gasteiger partial charge in [-0.2, -0.15) is 0 Å². The molecule has 1 amide bonds. The quantitative estimate of drug-likeness (QED) is 0.724. The summed E-state index contributed by atoms with van der Waals surface area (Å²) >= 11 is 11.6. The number of sulfonamides is 1. The average Bonchev–Trinajstić information content (AvgIpc) is 2.55. The number of halogens is 2. The van der Waals surface area contributed by atoms with Gasteiger partial charge in [0.2, 0.25) is 0 Å². The predicted octanol–water partition coefficient (Wildman–Crippen LogP) is 3.40. The predicted molar refractivity (Wildman–Crippen MR) is 96.5 cm³/mol. The van der Waals surface area contributed by atoms with Crippen LogP contribution in [0.5, 0.6) is 5.75 Å². The van der Waals surface area contributed by atoms with Gasteiger partial charge < -0.3 is 4.74 Å². The SMILES string of the molecule is CC(C)Oc1ccc(C(=O)NNS(=O)(=O)c2ccc(Cl)c(Cl)c2)cc1. The second-order valence-corrected chi connectivity index (χ2v) is 7.82. The summed E-state index contributed by atoms with van der Waals surface area (Å²) in [5, 5.41) is 0.324. The molecule has 0 aliphatic rings. The standard InChI is InChI=1S/C16H16Cl2N2O4S/c1-10(2)24-12-5-3-11(4-6-12)16(21)19-20-25(22,23)13-7-8-14(17)15(18)9-13/h3-10,20H,1-2H3,(H,19,21). The lowest BCUT2D eigenvalue weighted by atomic mass is 10.2. The Bertz CT molecular complexity index is 868. The Hall–Kier alpha value is -1.80. The van der Waals surface area contributed by atoms with Crippen molar-refractivity contribution in [2.75, 3.05) is 0 Å². The number of carbonyl (C=O) groups excluding carboxylic acids is 1. The zero-order valence-electron chi connectivity index (χ0n) is 13.4. The van der Waals surface area contributed by atoms with Gasteiger partial charge in [0.1, 0.15) is 5.75 Å². The Balaban J connectivity index is 2.04. The van der Waals surface area contributed by atoms with Crippen LogP contribution in [0.4, 0.5) is 0 Å². The van der Waals surface area contributed by atoms with E-state index < -0.39 is 15.9 Å². The number of hydrogen-bond donors (Lipinski definition) is 2. The minimum atomic E-state index is -3.98. The molecule has 0 aliphatic heterocycles. The zero-order valence-corrected chi connectivity index (χ0v) is 15.7. The summed E-state index contributed by atoms with van der Waals surface area (Å²) in [6.07, 6.45) is 0.0117. The fraction of sp³-hybridized carbons (Fsp3) is 0.188. The Morgan fingerprint density at radius 3 is 2.24 bits per heavy atom. The van der Waals surface area contributed by atoms with Crippen LogP contribution in [0.3, 0.4) is 0 Å². The monoisotopic (exact) mass is 402 g/mol. The summed E-state index contributed by atoms with van der Waals surface area (Å²) in [5.41, 5.74) is 2.41. The van der Waals surface area contributed by atoms with Crippen molar-refractivity contribution in [3.63, 3.8) is 0 Å². The van der Waals surface area contributed by atoms with Gasteiger partial charge in [-0.1, -0.05) is 23.2 Å². The van der Waals surface area contributed by atoms with Gasteiger partial charge in [-0.3, -0.25) is 10.2 Å². The van der Waals surface area contributed by atoms with E-state index in [4.69, 9.17) is 27.9 Å². The van der Waals surface area contributed by atoms with Crippen molar-refractivity contribution in [3.8, 4) is 5.75 Å². The third kappa shape index (κ3) is 5.34. The van der Waals surface area contributed by atoms with Crippen LogP contribution in [0.25, 0.3) is 0 Å². The minimum Gasteiger partial charge on any atom is -0.491 e. The molecule has 0 radical (unpaired) electrons. The Labute approximate surface area is 156 Å². The van der Waals surface area contributed by atoms with E-state index in [1.165, 1.54) is 30.3 Å². The van der Waals surface area contributed by atoms with E-state index in [0.717, 1.165) is 0 Å². The molecule has 0 bridgehead atoms. The fourth-order valence-corrected chi connectivity index (χ4v) is 3.07. The lowest BCUT2D eigenvalue weighted by molar-refractivity contribution is 0.0945. The Morgan fingerprint density at radius 1 is 1.04 bits per heavy atom. The Kier molecular flexibility index (Phi) is 6.29. The van der Waals surface area contributed by atoms with Gasteiger partial charge in [0, 0.05) is 5.56 Å². The number of hydrogen-bond acceptors (Lipinski definition) is 4. The van der Waals surface area contributed by atoms with E-state index in [0.29, 0.717) is 5.75 Å². The summed E-state index contributed by atoms with van der Waals surface area (Å²) in [6.45, 7) is 3.77. The van der Waals surface area contributed by atoms with Crippen LogP contribution < -0.4 is 15.0 Å². The van der Waals surface area contributed by atoms with Crippen molar-refractivity contribution >= 4 is 39.1 Å². The third-order valence-corrected chi connectivity index (χ3v) is 4.97. The molecule has 0 spiro atoms. The highest BCUT2D eigenvalue weighted by molar-refractivity contribution is 7.89. The van der Waals surface area contributed by atoms with Crippen molar-refractivity contribution in [1.82, 2.24) is 10.3 Å². The molecule has 0 unspecified atom stereocenters. The van der Waals surface area contributed by atoms with Crippen molar-refractivity contribution < 1.29 is 17.9 Å². The van der Waals surface area contributed by atoms with Crippen LogP contribution >= 0.6 is 23.2 Å². The molecule has 9 heteroatoms. The molecule has 0 fully saturated rings. The maximum absolute atomic E-state index is 12.2. The topological polar surface area (TPSA) is 84.5 Å². The summed E-state index contributed by atoms with van der Waals surface area (Å²) in [5.74, 6) is 0.00247. The van der Waals surface area contributed by atoms with Gasteiger partial charge in [-0.15, -0.1) is 4.83 Å². The highest BCUT2D eigenvalue weighted by Crippen LogP contribution is 2.24. The summed E-state index contributed by atoms with van der Waals surface area (Å²) in [6, 6.07) is 10.1. The van der Waals surface area contributed by atoms with Crippen LogP contribution in [0.15, 0.2) is 47.4 Å². The first-order chi connectivity index (χ1) is 11.7. The molecule has 0 heterocycles. The number of hydrazine groups is 1. The molecule has 0 saturated heterocycles. The molecular formula is C16H16Cl2N2O4S. The first-order valence-corrected chi connectivity index (χ1v) is 9.47. The van der Waals surface area contributed by atoms with E-state index >= 15 is 0 Å². The van der Waals surface area contributed by atoms with Gasteiger partial charge in [-0.05, 0) is 56.3 Å². The zero-order chi connectivity index (χ0) is 18.6. The second-order valence-electron chi connectivity index (χ2n) is 5.33. The van der Waals surface area contributed by atoms with E-state index in [1.807, 2.05) is 18.7 Å². The van der Waals surface area contributed by atoms with E-state index in [9.17, 15) is 13.2 Å². The van der Waals surface area contributed by atoms with Gasteiger partial charge in [-0.25, -0.2) is 8.42 Å². The molecule has 0 aromatic heterocycles. The molecular weight excluding hydrogens is 387 g/mol. The molecule has 0 atom stereocenters. The van der Waals surface area contributed by atoms with Gasteiger partial charge >= 0.3 is 0 Å². The highest BCUT2D eigenvalue weighted by Gasteiger charge is 2.17. The van der Waals surface area contributed by atoms with Crippen LogP contribution in [0.1, 0.15) is 24.2 Å². The van der Waals surface area contributed by atoms with Crippen molar-refractivity contribution in [3.05, 3.63) is 58.1 Å². The summed E-state index contributed by atoms with van der Waals surface area (Å²) in [4.78, 5) is 13.9. The Morgan fingerprint density at radius 2 is 1.68 bits per heavy atom. The van der Waals surface area contributed by atoms with Crippen molar-refractivity contribution in [2.45, 2.75) is 24.8 Å². The van der Waals surface area contributed by atoms with Crippen LogP contribution in [0, 0.1) is 0 Å². The van der Waals surface area contributed by atoms with Crippen molar-refractivity contribution in [1.29, 1.82) is 0 Å². The van der Waals surface area contributed by atoms with Crippen molar-refractivity contribution in [2.24, 2.45) is 0 Å². The normalized spacial score (nSPS) is 11.4. The number of carbonyl (C=O) groups is 1. The second kappa shape index (κ2) is 8.05. The summed E-state index contributed by atoms with van der Waals surface area (Å²) in [7, 11) is -3.98. The molecule has 2 aromatic rings. The summed E-state index contributed by atoms with van der Waals surface area (Å²) < 4.78 is 29.8. The molecule has 25 heavy (non-hydrogen) atoms. The van der Waals surface area contributed by atoms with E-state index in [2.05, 4.69) is 5.43 Å². The lowest BCUT2D eigenvalue weighted by Crippen LogP contribution is -2.41. The molecule has 2 N–H and O–H groups in total. The molecule has 2 rings (SSSR count). The average molecular weight is 403 g/mol. The van der Waals surface area contributed by atoms with Crippen LogP contribution in [-0.4, -0.2) is 20.4 Å². The minimum absolute atomic E-state index is 0.0117. The third-order valence-electron chi connectivity index (χ3n) is 2.99. The first-order valence-electron chi connectivity index (χ1n) is 7.23. The van der Waals surface area contributed by atoms with Gasteiger partial charge in [0.15, 0.2) is 0 Å². The molecule has 0 aliphatic carbocycles. The molecule has 6 nitrogen and oxygen atoms in total. The number of benzene rings is 2. The molecule has 2 aromatic carbocycles. The maximum Gasteiger partial charge on any atom is 0.266 e. The molecule has 134 valence electrons. The lowest BCUT2D eigenvalue weighted by Gasteiger charge is -2.11. The number of nitrogens with one attached hydrogen (secondary N) is 2. The van der Waals surface area contributed by atoms with Crippen LogP contribution in [0.2, 0.25) is 10.0 Å². The van der Waals surface area contributed by atoms with E-state index in [1.54, 1.807) is 12.1 Å². The van der Waals surface area contributed by atoms with Gasteiger partial charge in [0.05, 0.1) is 21.0 Å². The number of ether oxygens (including phenoxy) is 1. The highest BCUT2D eigenvalue weighted by atomic mass is 35.5. The van der Waals surface area contributed by atoms with Crippen LogP contribution in [-0.2, 0) is 10.0 Å². The smallest absolute Gasteiger partial charge is 0.266 e. The largest absolute Gasteiger partial charge is 0.491 e. The first kappa shape index (κ1) is 19.5. The fourth-order valence-electron chi connectivity index (χ4n) is 1.85. The number of amides is 1. The number of rotatable bonds is 6.